The second kappa shape index (κ2) is 14.4. The van der Waals surface area contributed by atoms with Crippen molar-refractivity contribution < 1.29 is 39.3 Å². The van der Waals surface area contributed by atoms with Crippen LogP contribution in [0.5, 0.6) is 0 Å². The van der Waals surface area contributed by atoms with E-state index in [0.717, 1.165) is 10.9 Å². The van der Waals surface area contributed by atoms with Crippen LogP contribution in [0.4, 0.5) is 0 Å². The average molecular weight is 552 g/mol. The summed E-state index contributed by atoms with van der Waals surface area (Å²) in [6, 6.07) is 1.76. The molecule has 1 aromatic heterocycles. The van der Waals surface area contributed by atoms with Gasteiger partial charge in [0.1, 0.15) is 18.1 Å². The van der Waals surface area contributed by atoms with E-state index in [0.29, 0.717) is 11.3 Å². The number of amides is 3. The molecule has 0 aliphatic heterocycles. The van der Waals surface area contributed by atoms with Gasteiger partial charge in [0.05, 0.1) is 18.6 Å². The minimum absolute atomic E-state index is 0.0323. The second-order valence-corrected chi connectivity index (χ2v) is 9.72. The topological polar surface area (TPSA) is 224 Å². The molecule has 0 aliphatic carbocycles. The second-order valence-electron chi connectivity index (χ2n) is 8.74. The van der Waals surface area contributed by atoms with Crippen molar-refractivity contribution in [3.05, 3.63) is 36.0 Å². The summed E-state index contributed by atoms with van der Waals surface area (Å²) in [7, 11) is 0. The van der Waals surface area contributed by atoms with Crippen molar-refractivity contribution in [1.82, 2.24) is 20.9 Å². The summed E-state index contributed by atoms with van der Waals surface area (Å²) < 4.78 is 0. The summed E-state index contributed by atoms with van der Waals surface area (Å²) in [6.45, 7) is 1.23. The molecule has 0 saturated heterocycles. The number of aliphatic carboxylic acids is 2. The molecule has 1 aromatic carbocycles. The Kier molecular flexibility index (Phi) is 11.6. The summed E-state index contributed by atoms with van der Waals surface area (Å²) in [6.07, 6.45) is 1.46. The molecule has 2 rings (SSSR count). The lowest BCUT2D eigenvalue weighted by Crippen LogP contribution is -2.60. The predicted molar refractivity (Wildman–Crippen MR) is 140 cm³/mol. The number of nitrogens with two attached hydrogens (primary N) is 1. The fourth-order valence-corrected chi connectivity index (χ4v) is 4.17. The van der Waals surface area contributed by atoms with Crippen molar-refractivity contribution in [1.29, 1.82) is 0 Å². The molecule has 5 atom stereocenters. The first-order valence-corrected chi connectivity index (χ1v) is 13.2. The van der Waals surface area contributed by atoms with Crippen LogP contribution in [0, 0.1) is 0 Å². The zero-order chi connectivity index (χ0) is 28.4. The number of hydrogen-bond donors (Lipinski definition) is 8. The number of para-hydroxylation sites is 1. The molecule has 9 N–H and O–H groups in total. The first-order chi connectivity index (χ1) is 17.9. The molecule has 14 heteroatoms. The van der Waals surface area contributed by atoms with Gasteiger partial charge < -0.3 is 42.0 Å². The van der Waals surface area contributed by atoms with Gasteiger partial charge in [0, 0.05) is 23.5 Å². The van der Waals surface area contributed by atoms with Gasteiger partial charge in [-0.15, -0.1) is 0 Å². The maximum Gasteiger partial charge on any atom is 0.326 e. The number of aromatic amines is 1. The van der Waals surface area contributed by atoms with Crippen molar-refractivity contribution in [3.63, 3.8) is 0 Å². The molecule has 0 fully saturated rings. The van der Waals surface area contributed by atoms with E-state index in [1.165, 1.54) is 18.7 Å². The van der Waals surface area contributed by atoms with E-state index in [1.807, 2.05) is 18.2 Å². The minimum Gasteiger partial charge on any atom is -0.481 e. The molecule has 3 amide bonds. The van der Waals surface area contributed by atoms with Gasteiger partial charge in [-0.3, -0.25) is 19.2 Å². The number of carboxylic acids is 2. The molecule has 0 radical (unpaired) electrons. The third-order valence-electron chi connectivity index (χ3n) is 5.75. The number of aliphatic hydroxyl groups excluding tert-OH is 1. The molecule has 208 valence electrons. The number of nitrogens with one attached hydrogen (secondary N) is 4. The summed E-state index contributed by atoms with van der Waals surface area (Å²) in [5, 5.41) is 36.5. The van der Waals surface area contributed by atoms with Crippen molar-refractivity contribution in [2.24, 2.45) is 5.73 Å². The first-order valence-electron chi connectivity index (χ1n) is 11.8. The van der Waals surface area contributed by atoms with Gasteiger partial charge in [-0.05, 0) is 37.0 Å². The Morgan fingerprint density at radius 3 is 2.26 bits per heavy atom. The number of thioether (sulfide) groups is 1. The number of aliphatic hydroxyl groups is 1. The lowest BCUT2D eigenvalue weighted by molar-refractivity contribution is -0.142. The monoisotopic (exact) mass is 551 g/mol. The Labute approximate surface area is 222 Å². The van der Waals surface area contributed by atoms with Gasteiger partial charge in [-0.1, -0.05) is 18.2 Å². The van der Waals surface area contributed by atoms with Crippen molar-refractivity contribution in [2.45, 2.75) is 56.5 Å². The number of rotatable bonds is 15. The standard InChI is InChI=1S/C24H33N5O8S/c1-12(30)20(29-21(33)15(25)10-19(31)32)23(35)28-18(22(34)27-17(24(36)37)7-8-38-2)9-13-11-26-16-6-4-3-5-14(13)16/h3-6,11-12,15,17-18,20,26,30H,7-10,25H2,1-2H3,(H,27,34)(H,28,35)(H,29,33)(H,31,32)(H,36,37). The Bertz CT molecular complexity index is 1150. The first kappa shape index (κ1) is 30.6. The highest BCUT2D eigenvalue weighted by Crippen LogP contribution is 2.19. The molecule has 1 heterocycles. The number of hydrogen-bond acceptors (Lipinski definition) is 8. The van der Waals surface area contributed by atoms with Crippen LogP contribution in [-0.4, -0.2) is 92.2 Å². The van der Waals surface area contributed by atoms with Crippen LogP contribution >= 0.6 is 11.8 Å². The van der Waals surface area contributed by atoms with Gasteiger partial charge in [0.25, 0.3) is 0 Å². The van der Waals surface area contributed by atoms with Crippen LogP contribution < -0.4 is 21.7 Å². The Morgan fingerprint density at radius 1 is 1.00 bits per heavy atom. The van der Waals surface area contributed by atoms with E-state index < -0.39 is 66.4 Å². The average Bonchev–Trinajstić information content (AvgIpc) is 3.26. The number of aromatic nitrogens is 1. The highest BCUT2D eigenvalue weighted by atomic mass is 32.2. The molecular formula is C24H33N5O8S. The maximum atomic E-state index is 13.2. The number of fused-ring (bicyclic) bond motifs is 1. The fourth-order valence-electron chi connectivity index (χ4n) is 3.70. The largest absolute Gasteiger partial charge is 0.481 e. The smallest absolute Gasteiger partial charge is 0.326 e. The van der Waals surface area contributed by atoms with E-state index in [2.05, 4.69) is 20.9 Å². The minimum atomic E-state index is -1.56. The molecule has 0 aliphatic rings. The molecule has 5 unspecified atom stereocenters. The highest BCUT2D eigenvalue weighted by molar-refractivity contribution is 7.98. The Morgan fingerprint density at radius 2 is 1.66 bits per heavy atom. The van der Waals surface area contributed by atoms with E-state index in [-0.39, 0.29) is 12.8 Å². The van der Waals surface area contributed by atoms with Gasteiger partial charge in [-0.2, -0.15) is 11.8 Å². The third-order valence-corrected chi connectivity index (χ3v) is 6.40. The number of carbonyl (C=O) groups excluding carboxylic acids is 3. The lowest BCUT2D eigenvalue weighted by atomic mass is 10.0. The SMILES string of the molecule is CSCCC(NC(=O)C(Cc1c[nH]c2ccccc12)NC(=O)C(NC(=O)C(N)CC(=O)O)C(C)O)C(=O)O. The molecule has 13 nitrogen and oxygen atoms in total. The Balaban J connectivity index is 2.29. The van der Waals surface area contributed by atoms with Crippen molar-refractivity contribution >= 4 is 52.3 Å². The molecule has 2 aromatic rings. The quantitative estimate of drug-likeness (QED) is 0.137. The maximum absolute atomic E-state index is 13.2. The lowest BCUT2D eigenvalue weighted by Gasteiger charge is -2.26. The molecule has 0 saturated carbocycles. The summed E-state index contributed by atoms with van der Waals surface area (Å²) in [5.74, 6) is -4.76. The summed E-state index contributed by atoms with van der Waals surface area (Å²) in [5.41, 5.74) is 7.01. The van der Waals surface area contributed by atoms with Crippen LogP contribution in [0.25, 0.3) is 10.9 Å². The number of benzene rings is 1. The van der Waals surface area contributed by atoms with E-state index >= 15 is 0 Å². The van der Waals surface area contributed by atoms with Crippen LogP contribution in [0.3, 0.4) is 0 Å². The van der Waals surface area contributed by atoms with E-state index in [1.54, 1.807) is 18.5 Å². The Hall–Kier alpha value is -3.62. The zero-order valence-electron chi connectivity index (χ0n) is 21.0. The molecule has 0 spiro atoms. The molecule has 0 bridgehead atoms. The van der Waals surface area contributed by atoms with Crippen LogP contribution in [0.2, 0.25) is 0 Å². The summed E-state index contributed by atoms with van der Waals surface area (Å²) >= 11 is 1.41. The van der Waals surface area contributed by atoms with Gasteiger partial charge >= 0.3 is 11.9 Å². The van der Waals surface area contributed by atoms with E-state index in [4.69, 9.17) is 10.8 Å². The van der Waals surface area contributed by atoms with Crippen molar-refractivity contribution in [3.8, 4) is 0 Å². The molecular weight excluding hydrogens is 518 g/mol. The van der Waals surface area contributed by atoms with Crippen LogP contribution in [-0.2, 0) is 30.4 Å². The number of H-pyrrole nitrogens is 1. The van der Waals surface area contributed by atoms with Gasteiger partial charge in [0.2, 0.25) is 17.7 Å². The number of carbonyl (C=O) groups is 5. The summed E-state index contributed by atoms with van der Waals surface area (Å²) in [4.78, 5) is 64.2. The predicted octanol–water partition coefficient (Wildman–Crippen LogP) is -0.815. The van der Waals surface area contributed by atoms with E-state index in [9.17, 15) is 34.2 Å². The third kappa shape index (κ3) is 8.75. The van der Waals surface area contributed by atoms with Gasteiger partial charge in [-0.25, -0.2) is 4.79 Å². The van der Waals surface area contributed by atoms with Crippen LogP contribution in [0.1, 0.15) is 25.3 Å². The van der Waals surface area contributed by atoms with Crippen LogP contribution in [0.15, 0.2) is 30.5 Å². The van der Waals surface area contributed by atoms with Crippen molar-refractivity contribution in [2.75, 3.05) is 12.0 Å². The highest BCUT2D eigenvalue weighted by Gasteiger charge is 2.33. The normalized spacial score (nSPS) is 15.1. The zero-order valence-corrected chi connectivity index (χ0v) is 21.8. The van der Waals surface area contributed by atoms with Gasteiger partial charge in [0.15, 0.2) is 0 Å². The fraction of sp³-hybridized carbons (Fsp3) is 0.458. The molecule has 38 heavy (non-hydrogen) atoms. The number of carboxylic acid groups (broad SMARTS) is 2.